The van der Waals surface area contributed by atoms with Crippen LogP contribution >= 0.6 is 0 Å². The third-order valence-electron chi connectivity index (χ3n) is 10.2. The molecule has 3 saturated carbocycles. The van der Waals surface area contributed by atoms with E-state index in [0.29, 0.717) is 40.3 Å². The summed E-state index contributed by atoms with van der Waals surface area (Å²) in [5, 5.41) is 0. The summed E-state index contributed by atoms with van der Waals surface area (Å²) in [5.41, 5.74) is 0.607. The summed E-state index contributed by atoms with van der Waals surface area (Å²) in [7, 11) is 0. The fraction of sp³-hybridized carbons (Fsp3) is 0.926. The number of carbonyl (C=O) groups is 2. The summed E-state index contributed by atoms with van der Waals surface area (Å²) in [6, 6.07) is 0. The van der Waals surface area contributed by atoms with Crippen molar-refractivity contribution >= 4 is 12.1 Å². The fourth-order valence-corrected chi connectivity index (χ4v) is 8.52. The molecule has 3 aliphatic carbocycles. The molecule has 3 fully saturated rings. The number of rotatable bonds is 7. The maximum atomic E-state index is 12.4. The Morgan fingerprint density at radius 1 is 1.14 bits per heavy atom. The minimum absolute atomic E-state index is 0.0472. The van der Waals surface area contributed by atoms with Crippen LogP contribution in [0.15, 0.2) is 0 Å². The second kappa shape index (κ2) is 8.46. The van der Waals surface area contributed by atoms with Crippen molar-refractivity contribution in [2.45, 2.75) is 112 Å². The highest BCUT2D eigenvalue weighted by atomic mass is 16.1. The first-order valence-electron chi connectivity index (χ1n) is 12.6. The first-order chi connectivity index (χ1) is 13.6. The van der Waals surface area contributed by atoms with E-state index in [1.54, 1.807) is 0 Å². The van der Waals surface area contributed by atoms with Crippen molar-refractivity contribution in [3.8, 4) is 0 Å². The molecule has 0 amide bonds. The summed E-state index contributed by atoms with van der Waals surface area (Å²) >= 11 is 0. The van der Waals surface area contributed by atoms with E-state index in [1.165, 1.54) is 44.8 Å². The minimum atomic E-state index is -0.0472. The molecule has 7 unspecified atom stereocenters. The molecule has 166 valence electrons. The van der Waals surface area contributed by atoms with Crippen molar-refractivity contribution in [1.29, 1.82) is 0 Å². The van der Waals surface area contributed by atoms with Crippen molar-refractivity contribution in [2.75, 3.05) is 0 Å². The molecule has 0 N–H and O–H groups in total. The molecule has 0 radical (unpaired) electrons. The van der Waals surface area contributed by atoms with Gasteiger partial charge in [0.2, 0.25) is 0 Å². The van der Waals surface area contributed by atoms with Gasteiger partial charge in [-0.25, -0.2) is 0 Å². The molecule has 0 aromatic heterocycles. The van der Waals surface area contributed by atoms with Crippen LogP contribution in [0, 0.1) is 45.8 Å². The molecule has 0 bridgehead atoms. The van der Waals surface area contributed by atoms with Crippen LogP contribution in [-0.2, 0) is 9.59 Å². The van der Waals surface area contributed by atoms with E-state index >= 15 is 0 Å². The van der Waals surface area contributed by atoms with Crippen LogP contribution in [-0.4, -0.2) is 12.1 Å². The molecule has 0 saturated heterocycles. The summed E-state index contributed by atoms with van der Waals surface area (Å²) in [5.74, 6) is 3.19. The highest BCUT2D eigenvalue weighted by Crippen LogP contribution is 2.62. The zero-order chi connectivity index (χ0) is 21.4. The Balaban J connectivity index is 1.75. The van der Waals surface area contributed by atoms with Gasteiger partial charge in [-0.15, -0.1) is 0 Å². The predicted octanol–water partition coefficient (Wildman–Crippen LogP) is 7.25. The Hall–Kier alpha value is -0.660. The normalized spacial score (nSPS) is 43.0. The molecule has 2 nitrogen and oxygen atoms in total. The van der Waals surface area contributed by atoms with E-state index < -0.39 is 0 Å². The van der Waals surface area contributed by atoms with E-state index in [1.807, 2.05) is 0 Å². The summed E-state index contributed by atoms with van der Waals surface area (Å²) in [6.07, 6.45) is 13.9. The molecule has 2 heteroatoms. The second-order valence-electron chi connectivity index (χ2n) is 12.1. The molecular formula is C27H46O2. The number of Topliss-reactive ketones (excluding diaryl/α,β-unsaturated/α-hetero) is 1. The summed E-state index contributed by atoms with van der Waals surface area (Å²) < 4.78 is 0. The maximum absolute atomic E-state index is 12.4. The zero-order valence-electron chi connectivity index (χ0n) is 20.1. The van der Waals surface area contributed by atoms with Gasteiger partial charge in [-0.1, -0.05) is 60.8 Å². The molecule has 0 aliphatic heterocycles. The lowest BCUT2D eigenvalue weighted by atomic mass is 9.45. The first kappa shape index (κ1) is 23.0. The number of aldehydes is 1. The molecule has 0 aromatic carbocycles. The van der Waals surface area contributed by atoms with Crippen molar-refractivity contribution in [1.82, 2.24) is 0 Å². The van der Waals surface area contributed by atoms with E-state index in [0.717, 1.165) is 32.1 Å². The molecule has 3 aliphatic rings. The quantitative estimate of drug-likeness (QED) is 0.420. The van der Waals surface area contributed by atoms with Crippen LogP contribution in [0.4, 0.5) is 0 Å². The average Bonchev–Trinajstić information content (AvgIpc) is 3.08. The molecular weight excluding hydrogens is 356 g/mol. The highest BCUT2D eigenvalue weighted by Gasteiger charge is 2.55. The average molecular weight is 403 g/mol. The lowest BCUT2D eigenvalue weighted by molar-refractivity contribution is -0.144. The van der Waals surface area contributed by atoms with Gasteiger partial charge in [0.15, 0.2) is 0 Å². The van der Waals surface area contributed by atoms with Crippen molar-refractivity contribution in [2.24, 2.45) is 45.8 Å². The van der Waals surface area contributed by atoms with Gasteiger partial charge >= 0.3 is 0 Å². The largest absolute Gasteiger partial charge is 0.303 e. The number of hydrogen-bond donors (Lipinski definition) is 0. The number of ketones is 1. The van der Waals surface area contributed by atoms with E-state index in [2.05, 4.69) is 41.5 Å². The number of hydrogen-bond acceptors (Lipinski definition) is 2. The van der Waals surface area contributed by atoms with Crippen LogP contribution in [0.5, 0.6) is 0 Å². The standard InChI is InChI=1S/C27H46O2/c1-7-14-27(18-28)15-8-9-21(27)19(2)10-11-24-25(4,5)16-12-22-20(3)23(29)13-17-26(22,24)6/h18-22,24H,7-17H2,1-6H3. The van der Waals surface area contributed by atoms with Crippen molar-refractivity contribution in [3.05, 3.63) is 0 Å². The van der Waals surface area contributed by atoms with Crippen LogP contribution < -0.4 is 0 Å². The van der Waals surface area contributed by atoms with Gasteiger partial charge in [-0.05, 0) is 79.4 Å². The fourth-order valence-electron chi connectivity index (χ4n) is 8.52. The second-order valence-corrected chi connectivity index (χ2v) is 12.1. The highest BCUT2D eigenvalue weighted by molar-refractivity contribution is 5.82. The Bertz CT molecular complexity index is 608. The van der Waals surface area contributed by atoms with E-state index in [4.69, 9.17) is 0 Å². The van der Waals surface area contributed by atoms with Crippen LogP contribution in [0.3, 0.4) is 0 Å². The summed E-state index contributed by atoms with van der Waals surface area (Å²) in [4.78, 5) is 24.5. The first-order valence-corrected chi connectivity index (χ1v) is 12.6. The molecule has 3 rings (SSSR count). The summed E-state index contributed by atoms with van der Waals surface area (Å²) in [6.45, 7) is 14.3. The lowest BCUT2D eigenvalue weighted by Gasteiger charge is -2.59. The van der Waals surface area contributed by atoms with Crippen molar-refractivity contribution in [3.63, 3.8) is 0 Å². The van der Waals surface area contributed by atoms with E-state index in [9.17, 15) is 9.59 Å². The van der Waals surface area contributed by atoms with E-state index in [-0.39, 0.29) is 11.3 Å². The van der Waals surface area contributed by atoms with Gasteiger partial charge in [0.05, 0.1) is 0 Å². The van der Waals surface area contributed by atoms with Gasteiger partial charge in [0.25, 0.3) is 0 Å². The van der Waals surface area contributed by atoms with Gasteiger partial charge in [-0.2, -0.15) is 0 Å². The van der Waals surface area contributed by atoms with Gasteiger partial charge in [0.1, 0.15) is 12.1 Å². The number of fused-ring (bicyclic) bond motifs is 1. The molecule has 0 aromatic rings. The Morgan fingerprint density at radius 2 is 1.86 bits per heavy atom. The van der Waals surface area contributed by atoms with Crippen LogP contribution in [0.2, 0.25) is 0 Å². The lowest BCUT2D eigenvalue weighted by Crippen LogP contribution is -2.53. The Morgan fingerprint density at radius 3 is 2.52 bits per heavy atom. The smallest absolute Gasteiger partial charge is 0.136 e. The molecule has 7 atom stereocenters. The van der Waals surface area contributed by atoms with Crippen molar-refractivity contribution < 1.29 is 9.59 Å². The molecule has 0 heterocycles. The van der Waals surface area contributed by atoms with Crippen LogP contribution in [0.25, 0.3) is 0 Å². The Labute approximate surface area is 180 Å². The van der Waals surface area contributed by atoms with Crippen LogP contribution in [0.1, 0.15) is 112 Å². The SMILES string of the molecule is CCCC1(C=O)CCCC1C(C)CCC1C(C)(C)CCC2C(C)C(=O)CCC21C. The third kappa shape index (κ3) is 3.99. The topological polar surface area (TPSA) is 34.1 Å². The predicted molar refractivity (Wildman–Crippen MR) is 121 cm³/mol. The van der Waals surface area contributed by atoms with Gasteiger partial charge in [-0.3, -0.25) is 4.79 Å². The monoisotopic (exact) mass is 402 g/mol. The molecule has 0 spiro atoms. The van der Waals surface area contributed by atoms with Gasteiger partial charge < -0.3 is 4.79 Å². The zero-order valence-corrected chi connectivity index (χ0v) is 20.1. The number of carbonyl (C=O) groups excluding carboxylic acids is 2. The third-order valence-corrected chi connectivity index (χ3v) is 10.2. The Kier molecular flexibility index (Phi) is 6.72. The maximum Gasteiger partial charge on any atom is 0.136 e. The molecule has 29 heavy (non-hydrogen) atoms. The van der Waals surface area contributed by atoms with Gasteiger partial charge in [0, 0.05) is 17.8 Å². The minimum Gasteiger partial charge on any atom is -0.303 e.